The second kappa shape index (κ2) is 8.37. The van der Waals surface area contributed by atoms with Crippen molar-refractivity contribution in [3.63, 3.8) is 0 Å². The van der Waals surface area contributed by atoms with Crippen LogP contribution in [0.15, 0.2) is 36.7 Å². The molecule has 1 aromatic carbocycles. The van der Waals surface area contributed by atoms with Crippen LogP contribution in [0.3, 0.4) is 0 Å². The van der Waals surface area contributed by atoms with Crippen LogP contribution in [-0.4, -0.2) is 36.7 Å². The van der Waals surface area contributed by atoms with Crippen molar-refractivity contribution >= 4 is 27.3 Å². The Morgan fingerprint density at radius 2 is 1.78 bits per heavy atom. The first-order chi connectivity index (χ1) is 12.9. The normalized spacial score (nSPS) is 19.9. The molecule has 1 aliphatic rings. The molecular formula is C19H23N5O2S. The van der Waals surface area contributed by atoms with Crippen molar-refractivity contribution in [2.75, 3.05) is 16.9 Å². The number of hydrogen-bond donors (Lipinski definition) is 3. The van der Waals surface area contributed by atoms with Gasteiger partial charge in [-0.2, -0.15) is 0 Å². The highest BCUT2D eigenvalue weighted by Gasteiger charge is 2.23. The minimum atomic E-state index is -3.15. The van der Waals surface area contributed by atoms with Gasteiger partial charge in [0.1, 0.15) is 18.0 Å². The molecule has 3 N–H and O–H groups in total. The van der Waals surface area contributed by atoms with Gasteiger partial charge in [0.2, 0.25) is 10.0 Å². The fourth-order valence-corrected chi connectivity index (χ4v) is 4.05. The smallest absolute Gasteiger partial charge is 0.208 e. The van der Waals surface area contributed by atoms with Gasteiger partial charge in [0, 0.05) is 29.4 Å². The average Bonchev–Trinajstić information content (AvgIpc) is 2.63. The van der Waals surface area contributed by atoms with Gasteiger partial charge in [-0.05, 0) is 43.9 Å². The van der Waals surface area contributed by atoms with E-state index in [4.69, 9.17) is 6.42 Å². The molecule has 0 amide bonds. The van der Waals surface area contributed by atoms with Crippen molar-refractivity contribution in [1.29, 1.82) is 0 Å². The maximum atomic E-state index is 11.3. The molecule has 8 heteroatoms. The second-order valence-electron chi connectivity index (χ2n) is 6.72. The molecule has 0 unspecified atom stereocenters. The Morgan fingerprint density at radius 3 is 2.48 bits per heavy atom. The Morgan fingerprint density at radius 1 is 1.07 bits per heavy atom. The summed E-state index contributed by atoms with van der Waals surface area (Å²) < 4.78 is 25.4. The lowest BCUT2D eigenvalue weighted by molar-refractivity contribution is 0.387. The van der Waals surface area contributed by atoms with Crippen LogP contribution in [0.1, 0.15) is 31.2 Å². The minimum absolute atomic E-state index is 0.0177. The minimum Gasteiger partial charge on any atom is -0.367 e. The summed E-state index contributed by atoms with van der Waals surface area (Å²) in [6.45, 7) is 0. The van der Waals surface area contributed by atoms with E-state index in [0.29, 0.717) is 5.82 Å². The SMILES string of the molecule is C#Cc1cccc(Nc2cc(N[C@H]3CC[C@H](NS(C)(=O)=O)CC3)ncn2)c1. The van der Waals surface area contributed by atoms with Crippen LogP contribution in [-0.2, 0) is 10.0 Å². The monoisotopic (exact) mass is 385 g/mol. The van der Waals surface area contributed by atoms with Gasteiger partial charge in [0.05, 0.1) is 6.26 Å². The van der Waals surface area contributed by atoms with Gasteiger partial charge in [-0.3, -0.25) is 0 Å². The van der Waals surface area contributed by atoms with E-state index < -0.39 is 10.0 Å². The summed E-state index contributed by atoms with van der Waals surface area (Å²) in [5, 5.41) is 6.64. The van der Waals surface area contributed by atoms with Crippen molar-refractivity contribution in [2.45, 2.75) is 37.8 Å². The van der Waals surface area contributed by atoms with Gasteiger partial charge in [0.25, 0.3) is 0 Å². The number of hydrogen-bond acceptors (Lipinski definition) is 6. The topological polar surface area (TPSA) is 96.0 Å². The zero-order valence-electron chi connectivity index (χ0n) is 15.1. The fraction of sp³-hybridized carbons (Fsp3) is 0.368. The standard InChI is InChI=1S/C19H23N5O2S/c1-3-14-5-4-6-17(11-14)23-19-12-18(20-13-21-19)22-15-7-9-16(10-8-15)24-27(2,25)26/h1,4-6,11-13,15-16,24H,7-10H2,2H3,(H2,20,21,22,23)/t15-,16-. The van der Waals surface area contributed by atoms with E-state index in [1.165, 1.54) is 12.6 Å². The lowest BCUT2D eigenvalue weighted by atomic mass is 9.92. The zero-order valence-corrected chi connectivity index (χ0v) is 16.0. The van der Waals surface area contributed by atoms with Crippen LogP contribution in [0.25, 0.3) is 0 Å². The third-order valence-corrected chi connectivity index (χ3v) is 5.19. The molecule has 142 valence electrons. The zero-order chi connectivity index (χ0) is 19.3. The molecule has 1 heterocycles. The van der Waals surface area contributed by atoms with E-state index in [-0.39, 0.29) is 12.1 Å². The molecule has 0 aliphatic heterocycles. The van der Waals surface area contributed by atoms with Crippen LogP contribution in [0, 0.1) is 12.3 Å². The van der Waals surface area contributed by atoms with Crippen molar-refractivity contribution < 1.29 is 8.42 Å². The molecule has 0 saturated heterocycles. The van der Waals surface area contributed by atoms with Crippen molar-refractivity contribution in [1.82, 2.24) is 14.7 Å². The summed E-state index contributed by atoms with van der Waals surface area (Å²) >= 11 is 0. The Hall–Kier alpha value is -2.63. The first-order valence-electron chi connectivity index (χ1n) is 8.81. The third kappa shape index (κ3) is 5.94. The first-order valence-corrected chi connectivity index (χ1v) is 10.7. The molecule has 1 saturated carbocycles. The molecule has 0 bridgehead atoms. The highest BCUT2D eigenvalue weighted by molar-refractivity contribution is 7.88. The summed E-state index contributed by atoms with van der Waals surface area (Å²) in [6.07, 6.45) is 11.5. The molecule has 27 heavy (non-hydrogen) atoms. The van der Waals surface area contributed by atoms with E-state index in [0.717, 1.165) is 42.8 Å². The van der Waals surface area contributed by atoms with E-state index in [1.54, 1.807) is 0 Å². The number of nitrogens with one attached hydrogen (secondary N) is 3. The van der Waals surface area contributed by atoms with E-state index >= 15 is 0 Å². The predicted molar refractivity (Wildman–Crippen MR) is 107 cm³/mol. The Balaban J connectivity index is 1.57. The van der Waals surface area contributed by atoms with Crippen molar-refractivity contribution in [3.8, 4) is 12.3 Å². The highest BCUT2D eigenvalue weighted by atomic mass is 32.2. The molecule has 0 spiro atoms. The van der Waals surface area contributed by atoms with Gasteiger partial charge in [-0.25, -0.2) is 23.1 Å². The van der Waals surface area contributed by atoms with Gasteiger partial charge in [-0.15, -0.1) is 6.42 Å². The summed E-state index contributed by atoms with van der Waals surface area (Å²) in [5.74, 6) is 4.02. The molecule has 0 atom stereocenters. The molecule has 3 rings (SSSR count). The molecular weight excluding hydrogens is 362 g/mol. The van der Waals surface area contributed by atoms with Gasteiger partial charge < -0.3 is 10.6 Å². The van der Waals surface area contributed by atoms with Crippen molar-refractivity contribution in [3.05, 3.63) is 42.2 Å². The van der Waals surface area contributed by atoms with Crippen LogP contribution < -0.4 is 15.4 Å². The van der Waals surface area contributed by atoms with Gasteiger partial charge >= 0.3 is 0 Å². The maximum Gasteiger partial charge on any atom is 0.208 e. The van der Waals surface area contributed by atoms with E-state index in [1.807, 2.05) is 30.3 Å². The lowest BCUT2D eigenvalue weighted by Crippen LogP contribution is -2.39. The van der Waals surface area contributed by atoms with Gasteiger partial charge in [-0.1, -0.05) is 12.0 Å². The second-order valence-corrected chi connectivity index (χ2v) is 8.50. The number of terminal acetylenes is 1. The molecule has 1 fully saturated rings. The average molecular weight is 385 g/mol. The Bertz CT molecular complexity index is 931. The molecule has 1 aliphatic carbocycles. The number of benzene rings is 1. The van der Waals surface area contributed by atoms with Crippen LogP contribution in [0.2, 0.25) is 0 Å². The number of sulfonamides is 1. The van der Waals surface area contributed by atoms with Crippen LogP contribution in [0.5, 0.6) is 0 Å². The summed E-state index contributed by atoms with van der Waals surface area (Å²) in [6, 6.07) is 9.69. The van der Waals surface area contributed by atoms with Crippen molar-refractivity contribution in [2.24, 2.45) is 0 Å². The number of rotatable bonds is 6. The summed E-state index contributed by atoms with van der Waals surface area (Å²) in [5.41, 5.74) is 1.66. The first kappa shape index (κ1) is 19.1. The number of aromatic nitrogens is 2. The molecule has 2 aromatic rings. The lowest BCUT2D eigenvalue weighted by Gasteiger charge is -2.29. The highest BCUT2D eigenvalue weighted by Crippen LogP contribution is 2.23. The van der Waals surface area contributed by atoms with Gasteiger partial charge in [0.15, 0.2) is 0 Å². The number of nitrogens with zero attached hydrogens (tertiary/aromatic N) is 2. The van der Waals surface area contributed by atoms with Crippen LogP contribution in [0.4, 0.5) is 17.3 Å². The molecule has 0 radical (unpaired) electrons. The van der Waals surface area contributed by atoms with E-state index in [2.05, 4.69) is 31.2 Å². The Labute approximate surface area is 160 Å². The third-order valence-electron chi connectivity index (χ3n) is 4.43. The fourth-order valence-electron chi connectivity index (χ4n) is 3.21. The Kier molecular flexibility index (Phi) is 5.94. The largest absolute Gasteiger partial charge is 0.367 e. The number of anilines is 3. The summed E-state index contributed by atoms with van der Waals surface area (Å²) in [7, 11) is -3.15. The maximum absolute atomic E-state index is 11.3. The van der Waals surface area contributed by atoms with E-state index in [9.17, 15) is 8.42 Å². The molecule has 7 nitrogen and oxygen atoms in total. The predicted octanol–water partition coefficient (Wildman–Crippen LogP) is 2.47. The summed E-state index contributed by atoms with van der Waals surface area (Å²) in [4.78, 5) is 8.53. The van der Waals surface area contributed by atoms with Crippen LogP contribution >= 0.6 is 0 Å². The quantitative estimate of drug-likeness (QED) is 0.661. The molecule has 1 aromatic heterocycles.